The lowest BCUT2D eigenvalue weighted by molar-refractivity contribution is -0.117. The highest BCUT2D eigenvalue weighted by atomic mass is 16.1. The number of hydrogen-bond acceptors (Lipinski definition) is 2. The van der Waals surface area contributed by atoms with E-state index in [1.165, 1.54) is 0 Å². The summed E-state index contributed by atoms with van der Waals surface area (Å²) in [5.41, 5.74) is 0.585. The third-order valence-corrected chi connectivity index (χ3v) is 1.29. The molecular weight excluding hydrogens is 140 g/mol. The Morgan fingerprint density at radius 2 is 2.27 bits per heavy atom. The lowest BCUT2D eigenvalue weighted by Gasteiger charge is -1.99. The van der Waals surface area contributed by atoms with Crippen molar-refractivity contribution in [1.29, 1.82) is 5.26 Å². The number of allylic oxidation sites excluding steroid dienone is 1. The Balaban J connectivity index is 4.24. The molecule has 0 rings (SSSR count). The summed E-state index contributed by atoms with van der Waals surface area (Å²) in [6, 6.07) is 2.02. The maximum absolute atomic E-state index is 10.9. The van der Waals surface area contributed by atoms with Crippen LogP contribution in [0, 0.1) is 17.2 Å². The van der Waals surface area contributed by atoms with E-state index in [4.69, 9.17) is 5.26 Å². The minimum absolute atomic E-state index is 0.132. The number of carbonyl (C=O) groups excluding carboxylic acids is 1. The molecule has 1 unspecified atom stereocenters. The Bertz CT molecular complexity index is 213. The van der Waals surface area contributed by atoms with Gasteiger partial charge < -0.3 is 5.32 Å². The molecule has 0 aromatic carbocycles. The maximum atomic E-state index is 10.9. The Morgan fingerprint density at radius 1 is 1.73 bits per heavy atom. The monoisotopic (exact) mass is 152 g/mol. The molecule has 0 aliphatic heterocycles. The quantitative estimate of drug-likeness (QED) is 0.596. The zero-order valence-corrected chi connectivity index (χ0v) is 7.01. The lowest BCUT2D eigenvalue weighted by Crippen LogP contribution is -2.18. The van der Waals surface area contributed by atoms with Crippen LogP contribution in [0.25, 0.3) is 0 Å². The highest BCUT2D eigenvalue weighted by Gasteiger charge is 2.02. The molecule has 0 fully saturated rings. The molecule has 1 amide bonds. The zero-order chi connectivity index (χ0) is 8.85. The summed E-state index contributed by atoms with van der Waals surface area (Å²) in [6.45, 7) is 3.43. The lowest BCUT2D eigenvalue weighted by atomic mass is 10.1. The molecule has 0 radical (unpaired) electrons. The summed E-state index contributed by atoms with van der Waals surface area (Å²) >= 11 is 0. The number of nitrogens with zero attached hydrogens (tertiary/aromatic N) is 1. The van der Waals surface area contributed by atoms with Crippen molar-refractivity contribution in [3.8, 4) is 6.07 Å². The van der Waals surface area contributed by atoms with Crippen molar-refractivity contribution < 1.29 is 4.79 Å². The van der Waals surface area contributed by atoms with Crippen LogP contribution in [0.2, 0.25) is 0 Å². The molecule has 0 aliphatic rings. The molecule has 3 nitrogen and oxygen atoms in total. The second kappa shape index (κ2) is 4.51. The number of rotatable bonds is 2. The van der Waals surface area contributed by atoms with E-state index in [2.05, 4.69) is 5.32 Å². The number of nitriles is 1. The third-order valence-electron chi connectivity index (χ3n) is 1.29. The summed E-state index contributed by atoms with van der Waals surface area (Å²) in [4.78, 5) is 10.9. The Kier molecular flexibility index (Phi) is 3.97. The van der Waals surface area contributed by atoms with Gasteiger partial charge in [0.05, 0.1) is 12.0 Å². The first-order chi connectivity index (χ1) is 5.11. The molecule has 0 heterocycles. The Hall–Kier alpha value is -1.30. The van der Waals surface area contributed by atoms with Crippen LogP contribution >= 0.6 is 0 Å². The molecule has 3 heteroatoms. The van der Waals surface area contributed by atoms with E-state index in [-0.39, 0.29) is 11.8 Å². The summed E-state index contributed by atoms with van der Waals surface area (Å²) in [6.07, 6.45) is 1.64. The fourth-order valence-corrected chi connectivity index (χ4v) is 0.685. The van der Waals surface area contributed by atoms with Crippen molar-refractivity contribution in [3.63, 3.8) is 0 Å². The Morgan fingerprint density at radius 3 is 2.64 bits per heavy atom. The first-order valence-corrected chi connectivity index (χ1v) is 3.42. The molecule has 11 heavy (non-hydrogen) atoms. The standard InChI is InChI=1S/C8H12N2O/c1-6(5-9)4-7(2)8(11)10-3/h4,6H,1-3H3,(H,10,11)/b7-4+. The number of hydrogen-bond donors (Lipinski definition) is 1. The summed E-state index contributed by atoms with van der Waals surface area (Å²) < 4.78 is 0. The molecule has 1 atom stereocenters. The fourth-order valence-electron chi connectivity index (χ4n) is 0.685. The summed E-state index contributed by atoms with van der Waals surface area (Å²) in [5.74, 6) is -0.334. The number of amides is 1. The van der Waals surface area contributed by atoms with Gasteiger partial charge in [0.15, 0.2) is 0 Å². The van der Waals surface area contributed by atoms with Crippen LogP contribution in [-0.2, 0) is 4.79 Å². The maximum Gasteiger partial charge on any atom is 0.246 e. The normalized spacial score (nSPS) is 13.5. The third kappa shape index (κ3) is 3.41. The Labute approximate surface area is 66.7 Å². The van der Waals surface area contributed by atoms with Gasteiger partial charge in [0.1, 0.15) is 0 Å². The van der Waals surface area contributed by atoms with E-state index in [0.717, 1.165) is 0 Å². The van der Waals surface area contributed by atoms with Crippen LogP contribution in [0.3, 0.4) is 0 Å². The molecule has 0 saturated carbocycles. The van der Waals surface area contributed by atoms with E-state index in [9.17, 15) is 4.79 Å². The molecule has 60 valence electrons. The average Bonchev–Trinajstić information content (AvgIpc) is 2.02. The zero-order valence-electron chi connectivity index (χ0n) is 7.01. The van der Waals surface area contributed by atoms with Gasteiger partial charge in [-0.1, -0.05) is 6.08 Å². The van der Waals surface area contributed by atoms with E-state index < -0.39 is 0 Å². The van der Waals surface area contributed by atoms with Crippen molar-refractivity contribution in [1.82, 2.24) is 5.32 Å². The van der Waals surface area contributed by atoms with E-state index in [0.29, 0.717) is 5.57 Å². The molecule has 0 spiro atoms. The fraction of sp³-hybridized carbons (Fsp3) is 0.500. The minimum atomic E-state index is -0.202. The number of nitrogens with one attached hydrogen (secondary N) is 1. The highest BCUT2D eigenvalue weighted by molar-refractivity contribution is 5.92. The molecule has 0 bridgehead atoms. The summed E-state index contributed by atoms with van der Waals surface area (Å²) in [7, 11) is 1.57. The molecular formula is C8H12N2O. The van der Waals surface area contributed by atoms with Crippen LogP contribution in [0.15, 0.2) is 11.6 Å². The first kappa shape index (κ1) is 9.70. The predicted octanol–water partition coefficient (Wildman–Crippen LogP) is 0.838. The van der Waals surface area contributed by atoms with E-state index in [1.54, 1.807) is 27.0 Å². The number of likely N-dealkylation sites (N-methyl/N-ethyl adjacent to an activating group) is 1. The van der Waals surface area contributed by atoms with Gasteiger partial charge in [0, 0.05) is 12.6 Å². The minimum Gasteiger partial charge on any atom is -0.355 e. The van der Waals surface area contributed by atoms with Gasteiger partial charge in [-0.3, -0.25) is 4.79 Å². The van der Waals surface area contributed by atoms with Gasteiger partial charge in [-0.15, -0.1) is 0 Å². The van der Waals surface area contributed by atoms with Crippen LogP contribution < -0.4 is 5.32 Å². The first-order valence-electron chi connectivity index (χ1n) is 3.42. The molecule has 0 aromatic rings. The smallest absolute Gasteiger partial charge is 0.246 e. The van der Waals surface area contributed by atoms with Crippen LogP contribution in [0.1, 0.15) is 13.8 Å². The highest BCUT2D eigenvalue weighted by Crippen LogP contribution is 2.00. The SMILES string of the molecule is CNC(=O)/C(C)=C/C(C)C#N. The van der Waals surface area contributed by atoms with Gasteiger partial charge in [0.25, 0.3) is 0 Å². The van der Waals surface area contributed by atoms with Gasteiger partial charge in [-0.05, 0) is 13.8 Å². The topological polar surface area (TPSA) is 52.9 Å². The largest absolute Gasteiger partial charge is 0.355 e. The van der Waals surface area contributed by atoms with Crippen molar-refractivity contribution in [3.05, 3.63) is 11.6 Å². The van der Waals surface area contributed by atoms with Crippen LogP contribution in [0.4, 0.5) is 0 Å². The average molecular weight is 152 g/mol. The second-order valence-electron chi connectivity index (χ2n) is 2.35. The second-order valence-corrected chi connectivity index (χ2v) is 2.35. The van der Waals surface area contributed by atoms with Crippen LogP contribution in [0.5, 0.6) is 0 Å². The van der Waals surface area contributed by atoms with Gasteiger partial charge in [-0.2, -0.15) is 5.26 Å². The van der Waals surface area contributed by atoms with Crippen molar-refractivity contribution in [2.24, 2.45) is 5.92 Å². The molecule has 0 saturated heterocycles. The van der Waals surface area contributed by atoms with Gasteiger partial charge >= 0.3 is 0 Å². The van der Waals surface area contributed by atoms with Crippen molar-refractivity contribution >= 4 is 5.91 Å². The van der Waals surface area contributed by atoms with Gasteiger partial charge in [-0.25, -0.2) is 0 Å². The molecule has 0 aliphatic carbocycles. The predicted molar refractivity (Wildman–Crippen MR) is 42.6 cm³/mol. The van der Waals surface area contributed by atoms with Crippen LogP contribution in [-0.4, -0.2) is 13.0 Å². The van der Waals surface area contributed by atoms with Crippen molar-refractivity contribution in [2.45, 2.75) is 13.8 Å². The molecule has 0 aromatic heterocycles. The van der Waals surface area contributed by atoms with E-state index >= 15 is 0 Å². The van der Waals surface area contributed by atoms with Gasteiger partial charge in [0.2, 0.25) is 5.91 Å². The number of carbonyl (C=O) groups is 1. The van der Waals surface area contributed by atoms with E-state index in [1.807, 2.05) is 6.07 Å². The molecule has 1 N–H and O–H groups in total. The summed E-state index contributed by atoms with van der Waals surface area (Å²) in [5, 5.41) is 10.9. The van der Waals surface area contributed by atoms with Crippen molar-refractivity contribution in [2.75, 3.05) is 7.05 Å².